The Kier molecular flexibility index (Phi) is 7.34. The molecule has 0 unspecified atom stereocenters. The van der Waals surface area contributed by atoms with E-state index in [1.54, 1.807) is 7.11 Å². The third-order valence-electron chi connectivity index (χ3n) is 2.82. The first kappa shape index (κ1) is 17.1. The first-order valence-corrected chi connectivity index (χ1v) is 6.61. The van der Waals surface area contributed by atoms with Crippen LogP contribution in [0.1, 0.15) is 12.8 Å². The number of aliphatic carboxylic acids is 1. The highest BCUT2D eigenvalue weighted by atomic mass is 19.1. The van der Waals surface area contributed by atoms with Crippen molar-refractivity contribution in [3.63, 3.8) is 0 Å². The van der Waals surface area contributed by atoms with Crippen LogP contribution in [0.5, 0.6) is 0 Å². The van der Waals surface area contributed by atoms with Crippen molar-refractivity contribution >= 4 is 17.6 Å². The molecule has 21 heavy (non-hydrogen) atoms. The molecule has 0 fully saturated rings. The summed E-state index contributed by atoms with van der Waals surface area (Å²) in [4.78, 5) is 22.7. The van der Waals surface area contributed by atoms with Gasteiger partial charge in [0.15, 0.2) is 0 Å². The molecule has 0 aromatic heterocycles. The highest BCUT2D eigenvalue weighted by Gasteiger charge is 2.18. The fourth-order valence-electron chi connectivity index (χ4n) is 1.79. The summed E-state index contributed by atoms with van der Waals surface area (Å²) in [5.74, 6) is -2.28. The van der Waals surface area contributed by atoms with E-state index in [2.05, 4.69) is 5.32 Å². The van der Waals surface area contributed by atoms with Gasteiger partial charge in [0.05, 0.1) is 25.5 Å². The van der Waals surface area contributed by atoms with E-state index >= 15 is 0 Å². The number of benzene rings is 1. The molecule has 116 valence electrons. The number of carboxylic acids is 1. The maximum Gasteiger partial charge on any atom is 0.230 e. The molecule has 0 bridgehead atoms. The fourth-order valence-corrected chi connectivity index (χ4v) is 1.79. The molecule has 0 aliphatic carbocycles. The summed E-state index contributed by atoms with van der Waals surface area (Å²) in [5, 5.41) is 15.0. The molecule has 0 aliphatic rings. The minimum Gasteiger partial charge on any atom is -0.544 e. The molecule has 3 N–H and O–H groups in total. The van der Waals surface area contributed by atoms with Gasteiger partial charge < -0.3 is 25.3 Å². The number of rotatable bonds is 9. The van der Waals surface area contributed by atoms with Crippen LogP contribution in [0, 0.1) is 5.82 Å². The second kappa shape index (κ2) is 9.04. The number of carbonyl (C=O) groups excluding carboxylic acids is 2. The second-order valence-corrected chi connectivity index (χ2v) is 4.56. The first-order valence-electron chi connectivity index (χ1n) is 6.61. The van der Waals surface area contributed by atoms with Gasteiger partial charge in [-0.2, -0.15) is 0 Å². The van der Waals surface area contributed by atoms with Crippen LogP contribution in [-0.4, -0.2) is 38.2 Å². The third-order valence-corrected chi connectivity index (χ3v) is 2.82. The molecule has 1 aromatic rings. The van der Waals surface area contributed by atoms with Crippen LogP contribution in [0.15, 0.2) is 24.3 Å². The Morgan fingerprint density at radius 3 is 2.86 bits per heavy atom. The molecule has 0 spiro atoms. The molecular formula is C14H19FN2O4. The van der Waals surface area contributed by atoms with Crippen LogP contribution in [0.25, 0.3) is 0 Å². The van der Waals surface area contributed by atoms with E-state index in [4.69, 9.17) is 4.74 Å². The van der Waals surface area contributed by atoms with Gasteiger partial charge in [-0.05, 0) is 18.2 Å². The van der Waals surface area contributed by atoms with Crippen LogP contribution < -0.4 is 15.7 Å². The quantitative estimate of drug-likeness (QED) is 0.564. The van der Waals surface area contributed by atoms with Crippen molar-refractivity contribution in [2.45, 2.75) is 18.9 Å². The topological polar surface area (TPSA) is 95.1 Å². The van der Waals surface area contributed by atoms with Crippen molar-refractivity contribution in [1.82, 2.24) is 0 Å². The monoisotopic (exact) mass is 298 g/mol. The van der Waals surface area contributed by atoms with E-state index in [1.807, 2.05) is 0 Å². The number of quaternary nitrogens is 1. The normalized spacial score (nSPS) is 11.9. The zero-order valence-electron chi connectivity index (χ0n) is 11.8. The number of hydrogen-bond acceptors (Lipinski definition) is 4. The summed E-state index contributed by atoms with van der Waals surface area (Å²) < 4.78 is 17.8. The number of carbonyl (C=O) groups is 2. The molecule has 0 aliphatic heterocycles. The van der Waals surface area contributed by atoms with Gasteiger partial charge in [0.25, 0.3) is 0 Å². The van der Waals surface area contributed by atoms with Crippen molar-refractivity contribution in [3.05, 3.63) is 30.1 Å². The summed E-state index contributed by atoms with van der Waals surface area (Å²) in [6.45, 7) is 1.03. The number of carboxylic acid groups (broad SMARTS) is 1. The van der Waals surface area contributed by atoms with Gasteiger partial charge in [-0.1, -0.05) is 6.07 Å². The van der Waals surface area contributed by atoms with E-state index in [-0.39, 0.29) is 12.1 Å². The standard InChI is InChI=1S/C14H19FN2O4/c1-21-7-3-6-16-12(14(19)20)9-13(18)17-11-5-2-4-10(15)8-11/h2,4-5,8,12,16H,3,6-7,9H2,1H3,(H,17,18)(H,19,20)/t12-/m1/s1. The Bertz CT molecular complexity index is 482. The zero-order valence-corrected chi connectivity index (χ0v) is 11.8. The van der Waals surface area contributed by atoms with E-state index in [1.165, 1.54) is 23.5 Å². The van der Waals surface area contributed by atoms with Crippen LogP contribution in [0.3, 0.4) is 0 Å². The largest absolute Gasteiger partial charge is 0.544 e. The lowest BCUT2D eigenvalue weighted by Crippen LogP contribution is -2.93. The number of nitrogens with two attached hydrogens (primary N) is 1. The Morgan fingerprint density at radius 1 is 1.48 bits per heavy atom. The summed E-state index contributed by atoms with van der Waals surface area (Å²) >= 11 is 0. The van der Waals surface area contributed by atoms with Gasteiger partial charge in [-0.25, -0.2) is 4.39 Å². The Morgan fingerprint density at radius 2 is 2.24 bits per heavy atom. The molecule has 0 radical (unpaired) electrons. The van der Waals surface area contributed by atoms with Crippen molar-refractivity contribution in [1.29, 1.82) is 0 Å². The lowest BCUT2D eigenvalue weighted by atomic mass is 10.2. The minimum absolute atomic E-state index is 0.244. The maximum atomic E-state index is 13.0. The Labute approximate surface area is 122 Å². The van der Waals surface area contributed by atoms with Gasteiger partial charge in [-0.15, -0.1) is 0 Å². The molecule has 7 heteroatoms. The molecule has 1 atom stereocenters. The van der Waals surface area contributed by atoms with Crippen LogP contribution in [-0.2, 0) is 14.3 Å². The van der Waals surface area contributed by atoms with Gasteiger partial charge in [0, 0.05) is 19.2 Å². The lowest BCUT2D eigenvalue weighted by molar-refractivity contribution is -0.682. The van der Waals surface area contributed by atoms with E-state index < -0.39 is 23.7 Å². The lowest BCUT2D eigenvalue weighted by Gasteiger charge is -2.16. The number of amides is 1. The summed E-state index contributed by atoms with van der Waals surface area (Å²) in [6, 6.07) is 4.42. The zero-order chi connectivity index (χ0) is 15.7. The van der Waals surface area contributed by atoms with Crippen molar-refractivity contribution in [2.24, 2.45) is 0 Å². The third kappa shape index (κ3) is 6.82. The minimum atomic E-state index is -1.30. The molecule has 1 rings (SSSR count). The van der Waals surface area contributed by atoms with E-state index in [0.717, 1.165) is 6.07 Å². The number of methoxy groups -OCH3 is 1. The molecule has 1 amide bonds. The number of nitrogens with one attached hydrogen (secondary N) is 1. The summed E-state index contributed by atoms with van der Waals surface area (Å²) in [6.07, 6.45) is 0.428. The fraction of sp³-hybridized carbons (Fsp3) is 0.429. The Hall–Kier alpha value is -1.99. The Balaban J connectivity index is 2.46. The van der Waals surface area contributed by atoms with Crippen molar-refractivity contribution in [3.8, 4) is 0 Å². The average molecular weight is 298 g/mol. The SMILES string of the molecule is COCCC[NH2+][C@H](CC(=O)Nc1cccc(F)c1)C(=O)[O-]. The van der Waals surface area contributed by atoms with Gasteiger partial charge >= 0.3 is 0 Å². The second-order valence-electron chi connectivity index (χ2n) is 4.56. The summed E-state index contributed by atoms with van der Waals surface area (Å²) in [7, 11) is 1.56. The highest BCUT2D eigenvalue weighted by molar-refractivity contribution is 5.93. The van der Waals surface area contributed by atoms with Crippen LogP contribution in [0.2, 0.25) is 0 Å². The summed E-state index contributed by atoms with van der Waals surface area (Å²) in [5.41, 5.74) is 0.288. The van der Waals surface area contributed by atoms with E-state index in [0.29, 0.717) is 19.6 Å². The number of anilines is 1. The van der Waals surface area contributed by atoms with Gasteiger partial charge in [0.1, 0.15) is 11.9 Å². The van der Waals surface area contributed by atoms with Gasteiger partial charge in [-0.3, -0.25) is 4.79 Å². The highest BCUT2D eigenvalue weighted by Crippen LogP contribution is 2.09. The average Bonchev–Trinajstić information content (AvgIpc) is 2.42. The molecule has 6 nitrogen and oxygen atoms in total. The predicted molar refractivity (Wildman–Crippen MR) is 71.7 cm³/mol. The molecule has 0 heterocycles. The molecule has 0 saturated carbocycles. The van der Waals surface area contributed by atoms with Crippen molar-refractivity contribution in [2.75, 3.05) is 25.6 Å². The number of halogens is 1. The molecule has 0 saturated heterocycles. The maximum absolute atomic E-state index is 13.0. The van der Waals surface area contributed by atoms with Crippen molar-refractivity contribution < 1.29 is 29.1 Å². The number of hydrogen-bond donors (Lipinski definition) is 2. The van der Waals surface area contributed by atoms with Crippen LogP contribution >= 0.6 is 0 Å². The smallest absolute Gasteiger partial charge is 0.230 e. The molecule has 1 aromatic carbocycles. The van der Waals surface area contributed by atoms with Gasteiger partial charge in [0.2, 0.25) is 5.91 Å². The number of ether oxygens (including phenoxy) is 1. The van der Waals surface area contributed by atoms with E-state index in [9.17, 15) is 19.1 Å². The first-order chi connectivity index (χ1) is 10.0. The molecular weight excluding hydrogens is 279 g/mol. The predicted octanol–water partition coefficient (Wildman–Crippen LogP) is -1.13. The van der Waals surface area contributed by atoms with Crippen LogP contribution in [0.4, 0.5) is 10.1 Å².